The summed E-state index contributed by atoms with van der Waals surface area (Å²) >= 11 is 0. The van der Waals surface area contributed by atoms with Gasteiger partial charge in [-0.05, 0) is 49.4 Å². The number of carbonyl (C=O) groups excluding carboxylic acids is 1. The van der Waals surface area contributed by atoms with Crippen LogP contribution in [0.25, 0.3) is 39.2 Å². The highest BCUT2D eigenvalue weighted by Gasteiger charge is 2.33. The van der Waals surface area contributed by atoms with Crippen molar-refractivity contribution in [3.05, 3.63) is 65.6 Å². The van der Waals surface area contributed by atoms with Crippen molar-refractivity contribution in [1.29, 1.82) is 0 Å². The average Bonchev–Trinajstić information content (AvgIpc) is 3.86. The zero-order valence-electron chi connectivity index (χ0n) is 22.8. The predicted molar refractivity (Wildman–Crippen MR) is 151 cm³/mol. The molecule has 1 amide bonds. The third-order valence-electron chi connectivity index (χ3n) is 7.88. The number of imidazole rings is 1. The molecule has 2 N–H and O–H groups in total. The van der Waals surface area contributed by atoms with Gasteiger partial charge in [0.05, 0.1) is 37.2 Å². The van der Waals surface area contributed by atoms with Crippen LogP contribution in [0.15, 0.2) is 48.8 Å². The molecule has 2 fully saturated rings. The lowest BCUT2D eigenvalue weighted by molar-refractivity contribution is 0.1000. The maximum Gasteiger partial charge on any atom is 0.258 e. The Morgan fingerprint density at radius 2 is 1.88 bits per heavy atom. The van der Waals surface area contributed by atoms with E-state index >= 15 is 0 Å². The second kappa shape index (κ2) is 9.34. The van der Waals surface area contributed by atoms with Crippen LogP contribution in [-0.4, -0.2) is 49.2 Å². The molecule has 0 atom stereocenters. The van der Waals surface area contributed by atoms with Crippen LogP contribution in [0.1, 0.15) is 59.3 Å². The number of nitrogens with two attached hydrogens (primary N) is 1. The molecule has 7 rings (SSSR count). The molecule has 0 unspecified atom stereocenters. The Labute approximate surface area is 231 Å². The van der Waals surface area contributed by atoms with Gasteiger partial charge in [-0.15, -0.1) is 5.10 Å². The van der Waals surface area contributed by atoms with Gasteiger partial charge >= 0.3 is 0 Å². The number of amides is 1. The Morgan fingerprint density at radius 3 is 2.58 bits per heavy atom. The van der Waals surface area contributed by atoms with Gasteiger partial charge in [0.2, 0.25) is 5.91 Å². The fraction of sp³-hybridized carbons (Fsp3) is 0.333. The fourth-order valence-electron chi connectivity index (χ4n) is 5.58. The van der Waals surface area contributed by atoms with Crippen molar-refractivity contribution >= 4 is 16.8 Å². The van der Waals surface area contributed by atoms with E-state index in [9.17, 15) is 4.79 Å². The van der Waals surface area contributed by atoms with Crippen molar-refractivity contribution < 1.29 is 14.3 Å². The monoisotopic (exact) mass is 537 g/mol. The topological polar surface area (TPSA) is 115 Å². The van der Waals surface area contributed by atoms with Crippen LogP contribution < -0.4 is 10.5 Å². The van der Waals surface area contributed by atoms with Crippen molar-refractivity contribution in [3.63, 3.8) is 0 Å². The van der Waals surface area contributed by atoms with E-state index in [1.807, 2.05) is 40.0 Å². The largest absolute Gasteiger partial charge is 0.478 e. The lowest BCUT2D eigenvalue weighted by Gasteiger charge is -2.11. The molecule has 3 aromatic heterocycles. The van der Waals surface area contributed by atoms with Gasteiger partial charge in [0, 0.05) is 54.0 Å². The Kier molecular flexibility index (Phi) is 5.74. The number of primary amides is 1. The minimum atomic E-state index is -0.467. The van der Waals surface area contributed by atoms with E-state index in [2.05, 4.69) is 22.8 Å². The first-order valence-corrected chi connectivity index (χ1v) is 13.6. The van der Waals surface area contributed by atoms with Gasteiger partial charge in [-0.1, -0.05) is 18.2 Å². The molecule has 2 aromatic carbocycles. The summed E-state index contributed by atoms with van der Waals surface area (Å²) < 4.78 is 17.1. The first-order valence-electron chi connectivity index (χ1n) is 13.6. The zero-order chi connectivity index (χ0) is 27.5. The Bertz CT molecular complexity index is 1770. The smallest absolute Gasteiger partial charge is 0.258 e. The van der Waals surface area contributed by atoms with Gasteiger partial charge in [-0.2, -0.15) is 5.10 Å². The Balaban J connectivity index is 1.38. The number of aromatic nitrogens is 6. The number of methoxy groups -OCH3 is 2. The van der Waals surface area contributed by atoms with Crippen molar-refractivity contribution in [2.24, 2.45) is 12.8 Å². The highest BCUT2D eigenvalue weighted by molar-refractivity contribution is 5.95. The molecule has 10 heteroatoms. The zero-order valence-corrected chi connectivity index (χ0v) is 22.8. The summed E-state index contributed by atoms with van der Waals surface area (Å²) in [4.78, 5) is 17.1. The molecule has 2 aliphatic carbocycles. The normalized spacial score (nSPS) is 15.2. The van der Waals surface area contributed by atoms with Crippen LogP contribution in [0.3, 0.4) is 0 Å². The Morgan fingerprint density at radius 1 is 1.05 bits per heavy atom. The van der Waals surface area contributed by atoms with Crippen LogP contribution in [0.5, 0.6) is 5.88 Å². The standard InChI is InChI=1S/C30H31N7O3/c1-35-27(17-7-8-17)26(32-29(35)21-12-9-18(28(31)38)13-19(21)16-39-2)22-5-4-6-24-23(22)14-37(33-24)25-15-36(20-10-11-20)34-30(25)40-3/h4-6,9,12-15,17,20H,7-8,10-11,16H2,1-3H3,(H2,31,38). The number of nitrogens with zero attached hydrogens (tertiary/aromatic N) is 6. The quantitative estimate of drug-likeness (QED) is 0.290. The van der Waals surface area contributed by atoms with Crippen molar-refractivity contribution in [1.82, 2.24) is 29.1 Å². The number of fused-ring (bicyclic) bond motifs is 1. The summed E-state index contributed by atoms with van der Waals surface area (Å²) in [5.74, 6) is 1.37. The summed E-state index contributed by atoms with van der Waals surface area (Å²) in [5.41, 5.74) is 12.7. The summed E-state index contributed by atoms with van der Waals surface area (Å²) in [6.45, 7) is 0.343. The molecule has 3 heterocycles. The average molecular weight is 538 g/mol. The number of benzene rings is 2. The maximum absolute atomic E-state index is 11.9. The summed E-state index contributed by atoms with van der Waals surface area (Å²) in [7, 11) is 5.35. The van der Waals surface area contributed by atoms with Gasteiger partial charge in [0.25, 0.3) is 5.88 Å². The van der Waals surface area contributed by atoms with E-state index < -0.39 is 5.91 Å². The third-order valence-corrected chi connectivity index (χ3v) is 7.88. The SMILES string of the molecule is COCc1cc(C(N)=O)ccc1-c1nc(-c2cccc3nn(-c4cn(C5CC5)nc4OC)cc23)c(C2CC2)n1C. The van der Waals surface area contributed by atoms with Gasteiger partial charge in [0.15, 0.2) is 0 Å². The van der Waals surface area contributed by atoms with E-state index in [-0.39, 0.29) is 0 Å². The molecule has 0 bridgehead atoms. The van der Waals surface area contributed by atoms with Crippen LogP contribution in [0.2, 0.25) is 0 Å². The van der Waals surface area contributed by atoms with Crippen molar-refractivity contribution in [2.45, 2.75) is 44.2 Å². The van der Waals surface area contributed by atoms with E-state index in [1.165, 1.54) is 5.69 Å². The molecule has 2 saturated carbocycles. The van der Waals surface area contributed by atoms with Gasteiger partial charge in [-0.3, -0.25) is 9.48 Å². The highest BCUT2D eigenvalue weighted by Crippen LogP contribution is 2.47. The lowest BCUT2D eigenvalue weighted by Crippen LogP contribution is -2.12. The minimum absolute atomic E-state index is 0.343. The Hall–Kier alpha value is -4.44. The molecule has 0 saturated heterocycles. The number of hydrogen-bond acceptors (Lipinski definition) is 6. The molecule has 5 aromatic rings. The molecule has 0 aliphatic heterocycles. The summed E-state index contributed by atoms with van der Waals surface area (Å²) in [5, 5.41) is 10.5. The van der Waals surface area contributed by atoms with Crippen LogP contribution >= 0.6 is 0 Å². The van der Waals surface area contributed by atoms with Crippen LogP contribution in [-0.2, 0) is 18.4 Å². The van der Waals surface area contributed by atoms with Crippen LogP contribution in [0.4, 0.5) is 0 Å². The van der Waals surface area contributed by atoms with E-state index in [0.717, 1.165) is 70.5 Å². The minimum Gasteiger partial charge on any atom is -0.478 e. The second-order valence-electron chi connectivity index (χ2n) is 10.7. The lowest BCUT2D eigenvalue weighted by atomic mass is 10.0. The van der Waals surface area contributed by atoms with E-state index in [1.54, 1.807) is 26.4 Å². The highest BCUT2D eigenvalue weighted by atomic mass is 16.5. The van der Waals surface area contributed by atoms with Crippen molar-refractivity contribution in [2.75, 3.05) is 14.2 Å². The molecular weight excluding hydrogens is 506 g/mol. The van der Waals surface area contributed by atoms with Gasteiger partial charge < -0.3 is 19.8 Å². The molecule has 10 nitrogen and oxygen atoms in total. The first-order chi connectivity index (χ1) is 19.5. The molecule has 0 radical (unpaired) electrons. The number of hydrogen-bond donors (Lipinski definition) is 1. The summed E-state index contributed by atoms with van der Waals surface area (Å²) in [6, 6.07) is 12.1. The number of ether oxygens (including phenoxy) is 2. The summed E-state index contributed by atoms with van der Waals surface area (Å²) in [6.07, 6.45) is 8.60. The fourth-order valence-corrected chi connectivity index (χ4v) is 5.58. The van der Waals surface area contributed by atoms with E-state index in [0.29, 0.717) is 30.0 Å². The molecule has 204 valence electrons. The molecule has 40 heavy (non-hydrogen) atoms. The first kappa shape index (κ1) is 24.6. The predicted octanol–water partition coefficient (Wildman–Crippen LogP) is 4.76. The second-order valence-corrected chi connectivity index (χ2v) is 10.7. The number of rotatable bonds is 9. The van der Waals surface area contributed by atoms with Gasteiger partial charge in [-0.25, -0.2) is 9.67 Å². The van der Waals surface area contributed by atoms with Crippen LogP contribution in [0, 0.1) is 0 Å². The molecule has 0 spiro atoms. The van der Waals surface area contributed by atoms with E-state index in [4.69, 9.17) is 25.3 Å². The van der Waals surface area contributed by atoms with Crippen molar-refractivity contribution in [3.8, 4) is 34.2 Å². The number of carbonyl (C=O) groups is 1. The third kappa shape index (κ3) is 4.06. The molecule has 2 aliphatic rings. The maximum atomic E-state index is 11.9. The molecular formula is C30H31N7O3. The van der Waals surface area contributed by atoms with Gasteiger partial charge in [0.1, 0.15) is 11.5 Å².